The van der Waals surface area contributed by atoms with E-state index in [1.807, 2.05) is 12.3 Å². The normalized spacial score (nSPS) is 17.7. The van der Waals surface area contributed by atoms with Crippen LogP contribution in [0, 0.1) is 6.85 Å². The van der Waals surface area contributed by atoms with Gasteiger partial charge in [-0.3, -0.25) is 0 Å². The second kappa shape index (κ2) is 10.1. The van der Waals surface area contributed by atoms with E-state index in [0.717, 1.165) is 71.7 Å². The first kappa shape index (κ1) is 26.2. The van der Waals surface area contributed by atoms with Crippen molar-refractivity contribution < 1.29 is 19.0 Å². The number of hydrogen-bond acceptors (Lipinski definition) is 1. The Morgan fingerprint density at radius 2 is 1.25 bits per heavy atom. The average molecular weight is 693 g/mol. The van der Waals surface area contributed by atoms with Gasteiger partial charge in [0.25, 0.3) is 0 Å². The number of hydrogen-bond donors (Lipinski definition) is 0. The molecule has 52 heavy (non-hydrogen) atoms. The summed E-state index contributed by atoms with van der Waals surface area (Å²) in [4.78, 5) is 0. The molecule has 0 radical (unpaired) electrons. The van der Waals surface area contributed by atoms with Gasteiger partial charge in [0.2, 0.25) is 11.4 Å². The van der Waals surface area contributed by atoms with Gasteiger partial charge in [-0.05, 0) is 75.6 Å². The Hall–Kier alpha value is -5.58. The second-order valence-electron chi connectivity index (χ2n) is 15.9. The summed E-state index contributed by atoms with van der Waals surface area (Å²) in [7, 11) is -1.80. The molecule has 3 nitrogen and oxygen atoms in total. The largest absolute Gasteiger partial charge is 0.454 e. The molecule has 0 fully saturated rings. The maximum absolute atomic E-state index is 9.27. The van der Waals surface area contributed by atoms with E-state index in [1.54, 1.807) is 13.8 Å². The number of pyridine rings is 2. The molecule has 3 aromatic heterocycles. The molecule has 2 aliphatic heterocycles. The molecule has 0 saturated carbocycles. The summed E-state index contributed by atoms with van der Waals surface area (Å²) in [5.41, 5.74) is 7.34. The van der Waals surface area contributed by atoms with Crippen molar-refractivity contribution in [3.05, 3.63) is 150 Å². The van der Waals surface area contributed by atoms with Gasteiger partial charge in [0.05, 0.1) is 13.6 Å². The predicted octanol–water partition coefficient (Wildman–Crippen LogP) is 10.9. The predicted molar refractivity (Wildman–Crippen MR) is 217 cm³/mol. The van der Waals surface area contributed by atoms with Crippen molar-refractivity contribution in [2.75, 3.05) is 0 Å². The van der Waals surface area contributed by atoms with Gasteiger partial charge in [-0.2, -0.15) is 0 Å². The monoisotopic (exact) mass is 692 g/mol. The van der Waals surface area contributed by atoms with Crippen LogP contribution in [0.15, 0.2) is 132 Å². The van der Waals surface area contributed by atoms with Crippen molar-refractivity contribution >= 4 is 67.5 Å². The molecule has 0 saturated heterocycles. The maximum atomic E-state index is 9.27. The molecule has 11 rings (SSSR count). The molecular weight excluding hydrogens is 649 g/mol. The van der Waals surface area contributed by atoms with Crippen LogP contribution in [0.25, 0.3) is 76.8 Å². The van der Waals surface area contributed by atoms with E-state index in [4.69, 9.17) is 8.53 Å². The molecular formula is C48H40N2OSi+2. The second-order valence-corrected chi connectivity index (χ2v) is 21.0. The van der Waals surface area contributed by atoms with Crippen LogP contribution in [0.2, 0.25) is 19.6 Å². The molecule has 2 aliphatic rings. The number of aromatic nitrogens is 2. The molecule has 6 aromatic carbocycles. The van der Waals surface area contributed by atoms with Crippen LogP contribution in [-0.2, 0) is 5.66 Å². The number of rotatable bonds is 2. The van der Waals surface area contributed by atoms with E-state index in [-0.39, 0.29) is 5.56 Å². The van der Waals surface area contributed by atoms with Crippen LogP contribution in [-0.4, -0.2) is 8.07 Å². The molecule has 0 bridgehead atoms. The smallest absolute Gasteiger partial charge is 0.417 e. The summed E-state index contributed by atoms with van der Waals surface area (Å²) in [5, 5.41) is 10.3. The van der Waals surface area contributed by atoms with Gasteiger partial charge in [0.15, 0.2) is 12.4 Å². The third kappa shape index (κ3) is 3.60. The molecule has 250 valence electrons. The SMILES string of the molecule is [2H]C([2H])([2H])c1c[n+]2c(cc1C([2H])(C)C)-c1c(ccc3c1oc1c3ccc3c4ccccc4c4ccccc4c31)C21c2ccccc2-c2ccc([Si](C)(C)C)c[n+]21. The summed E-state index contributed by atoms with van der Waals surface area (Å²) in [6.07, 6.45) is 4.15. The Balaban J connectivity index is 1.35. The Kier molecular flexibility index (Phi) is 5.07. The van der Waals surface area contributed by atoms with E-state index in [1.165, 1.54) is 21.3 Å². The van der Waals surface area contributed by atoms with Crippen molar-refractivity contribution in [2.24, 2.45) is 0 Å². The minimum atomic E-state index is -2.45. The van der Waals surface area contributed by atoms with Crippen LogP contribution < -0.4 is 14.3 Å². The van der Waals surface area contributed by atoms with Gasteiger partial charge in [0.1, 0.15) is 27.9 Å². The fourth-order valence-electron chi connectivity index (χ4n) is 9.48. The molecule has 1 atom stereocenters. The van der Waals surface area contributed by atoms with Gasteiger partial charge < -0.3 is 4.42 Å². The number of furan rings is 1. The van der Waals surface area contributed by atoms with Crippen LogP contribution in [0.3, 0.4) is 0 Å². The number of benzene rings is 6. The Morgan fingerprint density at radius 3 is 1.98 bits per heavy atom. The third-order valence-electron chi connectivity index (χ3n) is 11.9. The van der Waals surface area contributed by atoms with Crippen molar-refractivity contribution in [3.8, 4) is 22.5 Å². The van der Waals surface area contributed by atoms with Crippen LogP contribution in [0.5, 0.6) is 0 Å². The lowest BCUT2D eigenvalue weighted by Crippen LogP contribution is -2.72. The first-order valence-corrected chi connectivity index (χ1v) is 21.7. The number of nitrogens with zero attached hydrogens (tertiary/aromatic N) is 2. The van der Waals surface area contributed by atoms with Gasteiger partial charge in [0, 0.05) is 44.5 Å². The fourth-order valence-corrected chi connectivity index (χ4v) is 10.6. The standard InChI is InChI=1S/C48H40N2OSi/c1-28(2)39-25-43-45-41(48(49(43)26-29(39)3)40-18-12-11-17-38(40)42-24-19-30(27-50(42)48)52(4,5)6)23-22-37-36-21-20-35-33-15-8-7-13-31(33)32-14-9-10-16-34(32)44(35)46(36)51-47(37)45/h7-28H,1-6H3/q+2/i3D3,28D. The van der Waals surface area contributed by atoms with E-state index >= 15 is 0 Å². The van der Waals surface area contributed by atoms with Crippen molar-refractivity contribution in [1.29, 1.82) is 0 Å². The highest BCUT2D eigenvalue weighted by Crippen LogP contribution is 2.52. The first-order valence-electron chi connectivity index (χ1n) is 20.2. The molecule has 5 heterocycles. The average Bonchev–Trinajstić information content (AvgIpc) is 3.80. The van der Waals surface area contributed by atoms with E-state index in [2.05, 4.69) is 144 Å². The van der Waals surface area contributed by atoms with E-state index in [9.17, 15) is 1.37 Å². The Morgan fingerprint density at radius 1 is 0.635 bits per heavy atom. The van der Waals surface area contributed by atoms with Gasteiger partial charge >= 0.3 is 5.66 Å². The summed E-state index contributed by atoms with van der Waals surface area (Å²) in [6, 6.07) is 41.1. The molecule has 0 amide bonds. The highest BCUT2D eigenvalue weighted by Gasteiger charge is 2.67. The van der Waals surface area contributed by atoms with Crippen molar-refractivity contribution in [2.45, 2.75) is 51.9 Å². The topological polar surface area (TPSA) is 20.9 Å². The van der Waals surface area contributed by atoms with Gasteiger partial charge in [-0.15, -0.1) is 9.13 Å². The minimum absolute atomic E-state index is 0.187. The van der Waals surface area contributed by atoms with Crippen LogP contribution >= 0.6 is 0 Å². The lowest BCUT2D eigenvalue weighted by Gasteiger charge is -2.20. The molecule has 4 heteroatoms. The minimum Gasteiger partial charge on any atom is -0.454 e. The highest BCUT2D eigenvalue weighted by molar-refractivity contribution is 6.88. The Labute approximate surface area is 310 Å². The zero-order valence-electron chi connectivity index (χ0n) is 33.9. The summed E-state index contributed by atoms with van der Waals surface area (Å²) in [5.74, 6) is -1.18. The van der Waals surface area contributed by atoms with E-state index < -0.39 is 26.5 Å². The molecule has 9 aromatic rings. The van der Waals surface area contributed by atoms with Crippen LogP contribution in [0.4, 0.5) is 0 Å². The van der Waals surface area contributed by atoms with E-state index in [0.29, 0.717) is 5.56 Å². The number of aryl methyl sites for hydroxylation is 1. The lowest BCUT2D eigenvalue weighted by atomic mass is 9.89. The van der Waals surface area contributed by atoms with Crippen molar-refractivity contribution in [3.63, 3.8) is 0 Å². The summed E-state index contributed by atoms with van der Waals surface area (Å²) < 4.78 is 47.6. The quantitative estimate of drug-likeness (QED) is 0.100. The first-order chi connectivity index (χ1) is 26.7. The fraction of sp³-hybridized carbons (Fsp3) is 0.167. The van der Waals surface area contributed by atoms with Crippen molar-refractivity contribution in [1.82, 2.24) is 0 Å². The highest BCUT2D eigenvalue weighted by atomic mass is 28.3. The maximum Gasteiger partial charge on any atom is 0.417 e. The zero-order chi connectivity index (χ0) is 38.7. The molecule has 1 spiro atoms. The zero-order valence-corrected chi connectivity index (χ0v) is 30.9. The molecule has 0 aliphatic carbocycles. The summed E-state index contributed by atoms with van der Waals surface area (Å²) >= 11 is 0. The lowest BCUT2D eigenvalue weighted by molar-refractivity contribution is -0.954. The molecule has 0 N–H and O–H groups in total. The van der Waals surface area contributed by atoms with Crippen LogP contribution in [0.1, 0.15) is 47.5 Å². The Bertz CT molecular complexity index is 3190. The van der Waals surface area contributed by atoms with Gasteiger partial charge in [-0.1, -0.05) is 106 Å². The summed E-state index contributed by atoms with van der Waals surface area (Å²) in [6.45, 7) is 8.18. The number of fused-ring (bicyclic) bond motifs is 21. The van der Waals surface area contributed by atoms with Gasteiger partial charge in [-0.25, -0.2) is 0 Å². The molecule has 1 unspecified atom stereocenters. The third-order valence-corrected chi connectivity index (χ3v) is 13.9.